The predicted molar refractivity (Wildman–Crippen MR) is 93.7 cm³/mol. The Morgan fingerprint density at radius 3 is 2.43 bits per heavy atom. The van der Waals surface area contributed by atoms with Crippen LogP contribution in [0.5, 0.6) is 5.75 Å². The van der Waals surface area contributed by atoms with Crippen LogP contribution in [0.1, 0.15) is 68.6 Å². The molecular formula is C20H28O3. The third-order valence-electron chi connectivity index (χ3n) is 3.56. The number of esters is 1. The minimum atomic E-state index is -0.308. The van der Waals surface area contributed by atoms with Crippen molar-refractivity contribution in [2.75, 3.05) is 13.7 Å². The SMILES string of the molecule is CCC#CCCCCCCCCOC(=O)c1ccccc1OC. The van der Waals surface area contributed by atoms with Gasteiger partial charge < -0.3 is 9.47 Å². The van der Waals surface area contributed by atoms with Crippen molar-refractivity contribution < 1.29 is 14.3 Å². The Hall–Kier alpha value is -1.95. The molecular weight excluding hydrogens is 288 g/mol. The van der Waals surface area contributed by atoms with Crippen LogP contribution in [0.15, 0.2) is 24.3 Å². The summed E-state index contributed by atoms with van der Waals surface area (Å²) in [6.07, 6.45) is 8.82. The Kier molecular flexibility index (Phi) is 10.4. The zero-order valence-corrected chi connectivity index (χ0v) is 14.4. The van der Waals surface area contributed by atoms with E-state index in [1.165, 1.54) is 25.7 Å². The first-order valence-electron chi connectivity index (χ1n) is 8.55. The van der Waals surface area contributed by atoms with Crippen molar-refractivity contribution in [1.82, 2.24) is 0 Å². The predicted octanol–water partition coefficient (Wildman–Crippen LogP) is 5.00. The Morgan fingerprint density at radius 2 is 1.70 bits per heavy atom. The zero-order valence-electron chi connectivity index (χ0n) is 14.4. The molecule has 1 aromatic rings. The zero-order chi connectivity index (χ0) is 16.8. The molecule has 0 heterocycles. The molecule has 126 valence electrons. The van der Waals surface area contributed by atoms with Gasteiger partial charge in [-0.15, -0.1) is 11.8 Å². The number of methoxy groups -OCH3 is 1. The molecule has 0 saturated carbocycles. The number of carbonyl (C=O) groups excluding carboxylic acids is 1. The van der Waals surface area contributed by atoms with Gasteiger partial charge >= 0.3 is 5.97 Å². The molecule has 0 spiro atoms. The largest absolute Gasteiger partial charge is 0.496 e. The summed E-state index contributed by atoms with van der Waals surface area (Å²) in [6, 6.07) is 7.14. The molecule has 3 heteroatoms. The van der Waals surface area contributed by atoms with Crippen LogP contribution >= 0.6 is 0 Å². The van der Waals surface area contributed by atoms with E-state index in [2.05, 4.69) is 18.8 Å². The Labute approximate surface area is 140 Å². The lowest BCUT2D eigenvalue weighted by molar-refractivity contribution is 0.0494. The third kappa shape index (κ3) is 8.30. The Bertz CT molecular complexity index is 511. The molecule has 1 rings (SSSR count). The molecule has 0 unspecified atom stereocenters. The molecule has 3 nitrogen and oxygen atoms in total. The summed E-state index contributed by atoms with van der Waals surface area (Å²) in [4.78, 5) is 12.0. The van der Waals surface area contributed by atoms with Crippen molar-refractivity contribution in [2.24, 2.45) is 0 Å². The summed E-state index contributed by atoms with van der Waals surface area (Å²) in [7, 11) is 1.56. The van der Waals surface area contributed by atoms with Gasteiger partial charge in [-0.05, 0) is 25.0 Å². The number of para-hydroxylation sites is 1. The molecule has 0 amide bonds. The van der Waals surface area contributed by atoms with Crippen molar-refractivity contribution in [3.8, 4) is 17.6 Å². The first kappa shape index (κ1) is 19.1. The van der Waals surface area contributed by atoms with Crippen LogP contribution in [-0.2, 0) is 4.74 Å². The lowest BCUT2D eigenvalue weighted by Gasteiger charge is -2.08. The fraction of sp³-hybridized carbons (Fsp3) is 0.550. The van der Waals surface area contributed by atoms with Gasteiger partial charge in [0.25, 0.3) is 0 Å². The molecule has 0 aromatic heterocycles. The molecule has 23 heavy (non-hydrogen) atoms. The van der Waals surface area contributed by atoms with E-state index >= 15 is 0 Å². The lowest BCUT2D eigenvalue weighted by atomic mass is 10.1. The average molecular weight is 316 g/mol. The molecule has 0 saturated heterocycles. The van der Waals surface area contributed by atoms with Gasteiger partial charge in [-0.25, -0.2) is 4.79 Å². The molecule has 0 radical (unpaired) electrons. The van der Waals surface area contributed by atoms with Crippen LogP contribution in [0.25, 0.3) is 0 Å². The van der Waals surface area contributed by atoms with Crippen molar-refractivity contribution in [1.29, 1.82) is 0 Å². The average Bonchev–Trinajstić information content (AvgIpc) is 2.59. The number of rotatable bonds is 10. The summed E-state index contributed by atoms with van der Waals surface area (Å²) in [5.41, 5.74) is 0.489. The first-order valence-corrected chi connectivity index (χ1v) is 8.55. The monoisotopic (exact) mass is 316 g/mol. The van der Waals surface area contributed by atoms with Gasteiger partial charge in [-0.3, -0.25) is 0 Å². The molecule has 0 aliphatic rings. The highest BCUT2D eigenvalue weighted by Gasteiger charge is 2.12. The fourth-order valence-electron chi connectivity index (χ4n) is 2.29. The fourth-order valence-corrected chi connectivity index (χ4v) is 2.29. The number of unbranched alkanes of at least 4 members (excludes halogenated alkanes) is 6. The number of hydrogen-bond donors (Lipinski definition) is 0. The summed E-state index contributed by atoms with van der Waals surface area (Å²) < 4.78 is 10.5. The quantitative estimate of drug-likeness (QED) is 0.346. The maximum atomic E-state index is 12.0. The maximum absolute atomic E-state index is 12.0. The van der Waals surface area contributed by atoms with E-state index < -0.39 is 0 Å². The Balaban J connectivity index is 2.05. The van der Waals surface area contributed by atoms with Crippen LogP contribution in [0.4, 0.5) is 0 Å². The van der Waals surface area contributed by atoms with Crippen molar-refractivity contribution in [3.63, 3.8) is 0 Å². The van der Waals surface area contributed by atoms with Crippen molar-refractivity contribution in [2.45, 2.75) is 58.3 Å². The standard InChI is InChI=1S/C20H28O3/c1-3-4-5-6-7-8-9-10-11-14-17-23-20(21)18-15-12-13-16-19(18)22-2/h12-13,15-16H,3,6-11,14,17H2,1-2H3. The van der Waals surface area contributed by atoms with E-state index in [9.17, 15) is 4.79 Å². The molecule has 0 atom stereocenters. The normalized spacial score (nSPS) is 9.83. The van der Waals surface area contributed by atoms with Crippen LogP contribution in [-0.4, -0.2) is 19.7 Å². The topological polar surface area (TPSA) is 35.5 Å². The Morgan fingerprint density at radius 1 is 1.00 bits per heavy atom. The smallest absolute Gasteiger partial charge is 0.341 e. The van der Waals surface area contributed by atoms with E-state index in [0.29, 0.717) is 17.9 Å². The van der Waals surface area contributed by atoms with Crippen LogP contribution in [0.3, 0.4) is 0 Å². The maximum Gasteiger partial charge on any atom is 0.341 e. The highest BCUT2D eigenvalue weighted by Crippen LogP contribution is 2.18. The number of carbonyl (C=O) groups is 1. The van der Waals surface area contributed by atoms with Crippen LogP contribution in [0.2, 0.25) is 0 Å². The van der Waals surface area contributed by atoms with E-state index in [1.54, 1.807) is 19.2 Å². The van der Waals surface area contributed by atoms with Gasteiger partial charge in [0.2, 0.25) is 0 Å². The minimum Gasteiger partial charge on any atom is -0.496 e. The van der Waals surface area contributed by atoms with Gasteiger partial charge in [-0.1, -0.05) is 44.7 Å². The number of hydrogen-bond acceptors (Lipinski definition) is 3. The highest BCUT2D eigenvalue weighted by molar-refractivity contribution is 5.92. The van der Waals surface area contributed by atoms with E-state index in [4.69, 9.17) is 9.47 Å². The lowest BCUT2D eigenvalue weighted by Crippen LogP contribution is -2.08. The van der Waals surface area contributed by atoms with E-state index in [-0.39, 0.29) is 5.97 Å². The summed E-state index contributed by atoms with van der Waals surface area (Å²) in [6.45, 7) is 2.55. The van der Waals surface area contributed by atoms with E-state index in [0.717, 1.165) is 25.7 Å². The highest BCUT2D eigenvalue weighted by atomic mass is 16.5. The van der Waals surface area contributed by atoms with Crippen LogP contribution in [0, 0.1) is 11.8 Å². The summed E-state index contributed by atoms with van der Waals surface area (Å²) in [5.74, 6) is 6.51. The van der Waals surface area contributed by atoms with Gasteiger partial charge in [0.15, 0.2) is 0 Å². The van der Waals surface area contributed by atoms with Gasteiger partial charge in [0.05, 0.1) is 13.7 Å². The molecule has 0 fully saturated rings. The number of ether oxygens (including phenoxy) is 2. The van der Waals surface area contributed by atoms with Crippen molar-refractivity contribution in [3.05, 3.63) is 29.8 Å². The van der Waals surface area contributed by atoms with Crippen molar-refractivity contribution >= 4 is 5.97 Å². The van der Waals surface area contributed by atoms with Gasteiger partial charge in [0, 0.05) is 12.8 Å². The summed E-state index contributed by atoms with van der Waals surface area (Å²) in [5, 5.41) is 0. The molecule has 0 bridgehead atoms. The second kappa shape index (κ2) is 12.6. The van der Waals surface area contributed by atoms with Gasteiger partial charge in [0.1, 0.15) is 11.3 Å². The molecule has 0 aliphatic carbocycles. The first-order chi connectivity index (χ1) is 11.3. The number of benzene rings is 1. The summed E-state index contributed by atoms with van der Waals surface area (Å²) >= 11 is 0. The second-order valence-electron chi connectivity index (χ2n) is 5.41. The van der Waals surface area contributed by atoms with E-state index in [1.807, 2.05) is 12.1 Å². The van der Waals surface area contributed by atoms with Crippen LogP contribution < -0.4 is 4.74 Å². The minimum absolute atomic E-state index is 0.308. The van der Waals surface area contributed by atoms with Gasteiger partial charge in [-0.2, -0.15) is 0 Å². The molecule has 0 N–H and O–H groups in total. The second-order valence-corrected chi connectivity index (χ2v) is 5.41. The molecule has 0 aliphatic heterocycles. The molecule has 1 aromatic carbocycles. The third-order valence-corrected chi connectivity index (χ3v) is 3.56.